The summed E-state index contributed by atoms with van der Waals surface area (Å²) in [6.45, 7) is 7.49. The topological polar surface area (TPSA) is 197 Å². The number of hydrogen-bond donors (Lipinski definition) is 2. The molecule has 306 valence electrons. The Kier molecular flexibility index (Phi) is 13.0. The number of pyridine rings is 1. The molecule has 0 aliphatic rings. The smallest absolute Gasteiger partial charge is 0.424 e. The normalized spacial score (nSPS) is 12.1. The Balaban J connectivity index is 1.37. The summed E-state index contributed by atoms with van der Waals surface area (Å²) in [6.07, 6.45) is 0.797. The number of esters is 1. The third-order valence-electron chi connectivity index (χ3n) is 8.28. The molecule has 0 saturated heterocycles. The number of halogens is 1. The van der Waals surface area contributed by atoms with Crippen LogP contribution < -0.4 is 20.3 Å². The Morgan fingerprint density at radius 3 is 2.21 bits per heavy atom. The van der Waals surface area contributed by atoms with Crippen molar-refractivity contribution in [3.63, 3.8) is 0 Å². The highest BCUT2D eigenvalue weighted by Crippen LogP contribution is 2.35. The van der Waals surface area contributed by atoms with Gasteiger partial charge in [0, 0.05) is 29.8 Å². The molecule has 0 fully saturated rings. The van der Waals surface area contributed by atoms with Crippen LogP contribution in [0.25, 0.3) is 16.8 Å². The van der Waals surface area contributed by atoms with Crippen LogP contribution in [0, 0.1) is 11.7 Å². The molecule has 3 amide bonds. The zero-order chi connectivity index (χ0) is 42.4. The molecule has 2 aromatic heterocycles. The van der Waals surface area contributed by atoms with E-state index in [0.717, 1.165) is 16.7 Å². The summed E-state index contributed by atoms with van der Waals surface area (Å²) in [5, 5.41) is 9.80. The molecule has 0 spiro atoms. The van der Waals surface area contributed by atoms with E-state index in [0.29, 0.717) is 22.5 Å². The SMILES string of the molecule is COc1cc(S(C)(=O)=O)ccc1N(C(=O)OCOC(=O)[C@@H](NC(=O)OC(C)(C)C)C(C)C)c1nc2ccc(-c3ccc(NC(=O)Cc4ccc(F)cc4)cc3)cn2n1. The van der Waals surface area contributed by atoms with Crippen LogP contribution in [0.5, 0.6) is 5.75 Å². The first-order valence-corrected chi connectivity index (χ1v) is 19.7. The van der Waals surface area contributed by atoms with E-state index in [-0.39, 0.29) is 40.4 Å². The second-order valence-corrected chi connectivity index (χ2v) is 16.4. The van der Waals surface area contributed by atoms with Gasteiger partial charge in [-0.05, 0) is 86.3 Å². The molecule has 16 nitrogen and oxygen atoms in total. The maximum Gasteiger partial charge on any atom is 0.424 e. The first-order chi connectivity index (χ1) is 27.3. The van der Waals surface area contributed by atoms with E-state index in [9.17, 15) is 32.0 Å². The van der Waals surface area contributed by atoms with E-state index in [2.05, 4.69) is 20.7 Å². The number of aromatic nitrogens is 3. The summed E-state index contributed by atoms with van der Waals surface area (Å²) < 4.78 is 60.6. The highest BCUT2D eigenvalue weighted by Gasteiger charge is 2.31. The van der Waals surface area contributed by atoms with Crippen molar-refractivity contribution in [3.05, 3.63) is 96.4 Å². The first kappa shape index (κ1) is 42.6. The number of benzene rings is 3. The molecule has 2 N–H and O–H groups in total. The van der Waals surface area contributed by atoms with Gasteiger partial charge in [0.25, 0.3) is 5.95 Å². The third-order valence-corrected chi connectivity index (χ3v) is 9.39. The molecule has 0 aliphatic heterocycles. The molecule has 0 saturated carbocycles. The number of ether oxygens (including phenoxy) is 4. The molecule has 2 heterocycles. The second kappa shape index (κ2) is 17.7. The van der Waals surface area contributed by atoms with E-state index >= 15 is 0 Å². The molecule has 18 heteroatoms. The zero-order valence-electron chi connectivity index (χ0n) is 32.8. The van der Waals surface area contributed by atoms with Crippen LogP contribution >= 0.6 is 0 Å². The minimum atomic E-state index is -3.67. The van der Waals surface area contributed by atoms with E-state index in [1.54, 1.807) is 89.3 Å². The fourth-order valence-corrected chi connectivity index (χ4v) is 6.10. The highest BCUT2D eigenvalue weighted by molar-refractivity contribution is 7.90. The van der Waals surface area contributed by atoms with Crippen LogP contribution in [-0.2, 0) is 40.1 Å². The van der Waals surface area contributed by atoms with Crippen LogP contribution in [0.3, 0.4) is 0 Å². The number of amides is 3. The monoisotopic (exact) mass is 818 g/mol. The molecule has 0 unspecified atom stereocenters. The van der Waals surface area contributed by atoms with Crippen molar-refractivity contribution in [1.82, 2.24) is 19.9 Å². The molecular weight excluding hydrogens is 776 g/mol. The largest absolute Gasteiger partial charge is 0.495 e. The Bertz CT molecular complexity index is 2410. The molecule has 5 rings (SSSR count). The summed E-state index contributed by atoms with van der Waals surface area (Å²) in [6, 6.07) is 18.8. The van der Waals surface area contributed by atoms with Crippen molar-refractivity contribution in [3.8, 4) is 16.9 Å². The molecule has 58 heavy (non-hydrogen) atoms. The summed E-state index contributed by atoms with van der Waals surface area (Å²) in [5.41, 5.74) is 2.17. The summed E-state index contributed by atoms with van der Waals surface area (Å²) in [7, 11) is -2.39. The number of methoxy groups -OCH3 is 1. The lowest BCUT2D eigenvalue weighted by Crippen LogP contribution is -2.47. The van der Waals surface area contributed by atoms with Gasteiger partial charge in [-0.3, -0.25) is 4.79 Å². The van der Waals surface area contributed by atoms with Gasteiger partial charge in [-0.25, -0.2) is 36.6 Å². The van der Waals surface area contributed by atoms with Gasteiger partial charge in [-0.1, -0.05) is 38.1 Å². The summed E-state index contributed by atoms with van der Waals surface area (Å²) in [5.74, 6) is -2.21. The number of carbonyl (C=O) groups is 4. The number of sulfone groups is 1. The maximum atomic E-state index is 13.8. The van der Waals surface area contributed by atoms with Gasteiger partial charge >= 0.3 is 18.2 Å². The van der Waals surface area contributed by atoms with Crippen molar-refractivity contribution in [2.75, 3.05) is 30.4 Å². The fourth-order valence-electron chi connectivity index (χ4n) is 5.46. The Morgan fingerprint density at radius 2 is 1.59 bits per heavy atom. The quantitative estimate of drug-likeness (QED) is 0.0974. The number of nitrogens with one attached hydrogen (secondary N) is 2. The number of rotatable bonds is 13. The zero-order valence-corrected chi connectivity index (χ0v) is 33.6. The maximum absolute atomic E-state index is 13.8. The van der Waals surface area contributed by atoms with Crippen molar-refractivity contribution >= 4 is 56.9 Å². The Labute approximate surface area is 334 Å². The molecule has 3 aromatic carbocycles. The Morgan fingerprint density at radius 1 is 0.914 bits per heavy atom. The van der Waals surface area contributed by atoms with Crippen LogP contribution in [0.1, 0.15) is 40.2 Å². The van der Waals surface area contributed by atoms with Crippen LogP contribution in [-0.4, -0.2) is 78.9 Å². The van der Waals surface area contributed by atoms with Crippen LogP contribution in [0.4, 0.5) is 31.3 Å². The standard InChI is InChI=1S/C40H43FN6O10S/c1-24(2)35(44-38(50)57-40(3,4)5)36(49)55-23-56-39(51)47(31-18-17-30(58(7,52)53)21-32(31)54-6)37-43-33-19-12-27(22-46(33)45-37)26-10-15-29(16-11-26)42-34(48)20-25-8-13-28(41)14-9-25/h8-19,21-22,24,35H,20,23H2,1-7H3,(H,42,48)(H,44,50)/t35-/m0/s1. The van der Waals surface area contributed by atoms with E-state index in [1.165, 1.54) is 42.0 Å². The number of alkyl carbamates (subject to hydrolysis) is 1. The third kappa shape index (κ3) is 11.1. The number of nitrogens with zero attached hydrogens (tertiary/aromatic N) is 4. The lowest BCUT2D eigenvalue weighted by atomic mass is 10.1. The van der Waals surface area contributed by atoms with Gasteiger partial charge in [-0.2, -0.15) is 4.98 Å². The molecular formula is C40H43FN6O10S. The van der Waals surface area contributed by atoms with Crippen molar-refractivity contribution in [2.24, 2.45) is 5.92 Å². The number of anilines is 3. The van der Waals surface area contributed by atoms with Crippen LogP contribution in [0.2, 0.25) is 0 Å². The summed E-state index contributed by atoms with van der Waals surface area (Å²) >= 11 is 0. The van der Waals surface area contributed by atoms with Gasteiger partial charge in [0.05, 0.1) is 24.1 Å². The second-order valence-electron chi connectivity index (χ2n) is 14.4. The summed E-state index contributed by atoms with van der Waals surface area (Å²) in [4.78, 5) is 57.1. The molecule has 1 atom stereocenters. The van der Waals surface area contributed by atoms with Crippen LogP contribution in [0.15, 0.2) is 90.0 Å². The number of hydrogen-bond acceptors (Lipinski definition) is 12. The van der Waals surface area contributed by atoms with Gasteiger partial charge < -0.3 is 29.6 Å². The van der Waals surface area contributed by atoms with Crippen molar-refractivity contribution < 1.29 is 50.9 Å². The number of fused-ring (bicyclic) bond motifs is 1. The highest BCUT2D eigenvalue weighted by atomic mass is 32.2. The molecule has 5 aromatic rings. The Hall–Kier alpha value is -6.56. The van der Waals surface area contributed by atoms with Crippen molar-refractivity contribution in [2.45, 2.75) is 57.6 Å². The average molecular weight is 819 g/mol. The van der Waals surface area contributed by atoms with E-state index in [4.69, 9.17) is 18.9 Å². The van der Waals surface area contributed by atoms with Gasteiger partial charge in [0.1, 0.15) is 23.2 Å². The molecule has 0 aliphatic carbocycles. The lowest BCUT2D eigenvalue weighted by Gasteiger charge is -2.25. The average Bonchev–Trinajstić information content (AvgIpc) is 3.57. The number of carbonyl (C=O) groups excluding carboxylic acids is 4. The molecule has 0 radical (unpaired) electrons. The van der Waals surface area contributed by atoms with Gasteiger partial charge in [-0.15, -0.1) is 5.10 Å². The van der Waals surface area contributed by atoms with Gasteiger partial charge in [0.15, 0.2) is 15.5 Å². The minimum absolute atomic E-state index is 0.00562. The fraction of sp³-hybridized carbons (Fsp3) is 0.300. The van der Waals surface area contributed by atoms with E-state index < -0.39 is 52.3 Å². The van der Waals surface area contributed by atoms with Crippen molar-refractivity contribution in [1.29, 1.82) is 0 Å². The lowest BCUT2D eigenvalue weighted by molar-refractivity contribution is -0.155. The first-order valence-electron chi connectivity index (χ1n) is 17.8. The van der Waals surface area contributed by atoms with E-state index in [1.807, 2.05) is 0 Å². The predicted molar refractivity (Wildman–Crippen MR) is 211 cm³/mol. The minimum Gasteiger partial charge on any atom is -0.495 e. The molecule has 0 bridgehead atoms. The predicted octanol–water partition coefficient (Wildman–Crippen LogP) is 6.45. The van der Waals surface area contributed by atoms with Gasteiger partial charge in [0.2, 0.25) is 12.7 Å².